The number of unbranched alkanes of at least 4 members (excludes halogenated alkanes) is 2. The van der Waals surface area contributed by atoms with Crippen molar-refractivity contribution in [2.24, 2.45) is 11.8 Å². The predicted molar refractivity (Wildman–Crippen MR) is 168 cm³/mol. The lowest BCUT2D eigenvalue weighted by molar-refractivity contribution is -0.150. The van der Waals surface area contributed by atoms with Gasteiger partial charge in [0.05, 0.1) is 17.4 Å². The number of carbonyl (C=O) groups is 3. The number of nitrogens with zero attached hydrogens (tertiary/aromatic N) is 4. The number of ether oxygens (including phenoxy) is 1. The van der Waals surface area contributed by atoms with Crippen LogP contribution in [0, 0.1) is 11.8 Å². The van der Waals surface area contributed by atoms with Crippen LogP contribution in [0.4, 0.5) is 11.4 Å². The van der Waals surface area contributed by atoms with Crippen molar-refractivity contribution in [1.29, 1.82) is 0 Å². The zero-order valence-corrected chi connectivity index (χ0v) is 26.2. The zero-order chi connectivity index (χ0) is 30.8. The Morgan fingerprint density at radius 1 is 0.860 bits per heavy atom. The summed E-state index contributed by atoms with van der Waals surface area (Å²) in [5.41, 5.74) is -0.361. The third kappa shape index (κ3) is 5.18. The van der Waals surface area contributed by atoms with Crippen LogP contribution in [-0.2, 0) is 19.1 Å². The second-order valence-corrected chi connectivity index (χ2v) is 12.2. The summed E-state index contributed by atoms with van der Waals surface area (Å²) in [4.78, 5) is 51.0. The fourth-order valence-electron chi connectivity index (χ4n) is 7.76. The highest BCUT2D eigenvalue weighted by molar-refractivity contribution is 6.06. The van der Waals surface area contributed by atoms with E-state index in [1.165, 1.54) is 0 Å². The quantitative estimate of drug-likeness (QED) is 0.294. The molecule has 3 amide bonds. The van der Waals surface area contributed by atoms with Gasteiger partial charge in [0, 0.05) is 57.3 Å². The summed E-state index contributed by atoms with van der Waals surface area (Å²) >= 11 is 0. The average Bonchev–Trinajstić information content (AvgIpc) is 3.30. The molecule has 9 heteroatoms. The first kappa shape index (κ1) is 31.3. The van der Waals surface area contributed by atoms with Crippen molar-refractivity contribution in [3.63, 3.8) is 0 Å². The molecule has 0 radical (unpaired) electrons. The van der Waals surface area contributed by atoms with Gasteiger partial charge in [-0.2, -0.15) is 0 Å². The van der Waals surface area contributed by atoms with Crippen molar-refractivity contribution in [3.8, 4) is 0 Å². The Hall–Kier alpha value is -3.17. The summed E-state index contributed by atoms with van der Waals surface area (Å²) in [6.07, 6.45) is 11.2. The molecule has 5 atom stereocenters. The summed E-state index contributed by atoms with van der Waals surface area (Å²) in [5.74, 6) is -1.96. The van der Waals surface area contributed by atoms with Crippen LogP contribution in [0.2, 0.25) is 0 Å². The van der Waals surface area contributed by atoms with Crippen LogP contribution in [0.5, 0.6) is 0 Å². The minimum absolute atomic E-state index is 0.0706. The molecule has 1 N–H and O–H groups in total. The van der Waals surface area contributed by atoms with E-state index < -0.39 is 29.1 Å². The first-order valence-electron chi connectivity index (χ1n) is 16.2. The van der Waals surface area contributed by atoms with Gasteiger partial charge in [0.1, 0.15) is 11.6 Å². The second-order valence-electron chi connectivity index (χ2n) is 12.2. The predicted octanol–water partition coefficient (Wildman–Crippen LogP) is 3.77. The first-order valence-corrected chi connectivity index (χ1v) is 16.2. The zero-order valence-electron chi connectivity index (χ0n) is 26.2. The van der Waals surface area contributed by atoms with Crippen LogP contribution in [0.25, 0.3) is 0 Å². The topological polar surface area (TPSA) is 93.6 Å². The smallest absolute Gasteiger partial charge is 0.253 e. The third-order valence-corrected chi connectivity index (χ3v) is 9.86. The normalized spacial score (nSPS) is 29.9. The molecule has 0 aliphatic carbocycles. The van der Waals surface area contributed by atoms with E-state index in [2.05, 4.69) is 18.7 Å². The van der Waals surface area contributed by atoms with Crippen molar-refractivity contribution in [3.05, 3.63) is 48.6 Å². The van der Waals surface area contributed by atoms with Gasteiger partial charge in [-0.25, -0.2) is 0 Å². The molecule has 43 heavy (non-hydrogen) atoms. The van der Waals surface area contributed by atoms with Gasteiger partial charge in [0.15, 0.2) is 0 Å². The number of aliphatic hydroxyl groups is 1. The van der Waals surface area contributed by atoms with E-state index in [-0.39, 0.29) is 24.3 Å². The number of hydrogen-bond acceptors (Lipinski definition) is 6. The molecule has 2 fully saturated rings. The van der Waals surface area contributed by atoms with Gasteiger partial charge < -0.3 is 29.4 Å². The maximum Gasteiger partial charge on any atom is 0.253 e. The summed E-state index contributed by atoms with van der Waals surface area (Å²) < 4.78 is 7.06. The lowest BCUT2D eigenvalue weighted by Crippen LogP contribution is -2.56. The summed E-state index contributed by atoms with van der Waals surface area (Å²) in [5, 5.41) is 9.34. The van der Waals surface area contributed by atoms with Crippen LogP contribution in [0.3, 0.4) is 0 Å². The number of rotatable bonds is 12. The number of amides is 3. The highest BCUT2D eigenvalue weighted by atomic mass is 16.5. The van der Waals surface area contributed by atoms with E-state index in [1.807, 2.05) is 67.3 Å². The number of likely N-dealkylation sites (tertiary alicyclic amines) is 1. The molecule has 4 heterocycles. The van der Waals surface area contributed by atoms with Gasteiger partial charge in [-0.3, -0.25) is 14.4 Å². The minimum atomic E-state index is -1.25. The number of hydrogen-bond donors (Lipinski definition) is 1. The maximum atomic E-state index is 14.7. The van der Waals surface area contributed by atoms with E-state index in [0.717, 1.165) is 37.3 Å². The van der Waals surface area contributed by atoms with Crippen LogP contribution < -0.4 is 9.80 Å². The fourth-order valence-corrected chi connectivity index (χ4v) is 7.76. The summed E-state index contributed by atoms with van der Waals surface area (Å²) in [7, 11) is 0. The van der Waals surface area contributed by atoms with E-state index in [0.29, 0.717) is 45.4 Å². The summed E-state index contributed by atoms with van der Waals surface area (Å²) in [6, 6.07) is 7.13. The molecule has 0 aromatic heterocycles. The molecule has 1 aromatic carbocycles. The number of aliphatic hydroxyl groups excluding tert-OH is 1. The van der Waals surface area contributed by atoms with Crippen molar-refractivity contribution < 1.29 is 24.2 Å². The van der Waals surface area contributed by atoms with E-state index in [4.69, 9.17) is 4.74 Å². The Kier molecular flexibility index (Phi) is 9.32. The van der Waals surface area contributed by atoms with Gasteiger partial charge in [-0.1, -0.05) is 38.2 Å². The van der Waals surface area contributed by atoms with Crippen LogP contribution in [0.1, 0.15) is 59.8 Å². The standard InChI is InChI=1S/C34H48N4O5/c1-5-20-36-21-12-18-33(6-2)27(30(36)40)28-31(41)38(22-10-9-11-24-39)29-32(42)37(23-13-19-34(28,29)43-33)26-16-14-25(15-17-26)35(7-3)8-4/h12-19,27-29,39H,5-11,20-24H2,1-4H3/t27-,28+,29?,33+,34+/m1/s1. The molecule has 0 bridgehead atoms. The highest BCUT2D eigenvalue weighted by Gasteiger charge is 2.75. The van der Waals surface area contributed by atoms with Gasteiger partial charge in [-0.15, -0.1) is 0 Å². The molecule has 9 nitrogen and oxygen atoms in total. The molecule has 1 spiro atoms. The fraction of sp³-hybridized carbons (Fsp3) is 0.618. The molecular weight excluding hydrogens is 544 g/mol. The van der Waals surface area contributed by atoms with Gasteiger partial charge in [0.2, 0.25) is 11.8 Å². The average molecular weight is 593 g/mol. The largest absolute Gasteiger partial charge is 0.396 e. The van der Waals surface area contributed by atoms with Gasteiger partial charge >= 0.3 is 0 Å². The molecule has 1 aromatic rings. The molecule has 1 unspecified atom stereocenters. The highest BCUT2D eigenvalue weighted by Crippen LogP contribution is 2.58. The second kappa shape index (κ2) is 12.8. The molecule has 234 valence electrons. The number of benzene rings is 1. The molecular formula is C34H48N4O5. The van der Waals surface area contributed by atoms with Crippen molar-refractivity contribution in [2.75, 3.05) is 55.7 Å². The van der Waals surface area contributed by atoms with Gasteiger partial charge in [0.25, 0.3) is 5.91 Å². The van der Waals surface area contributed by atoms with Crippen LogP contribution >= 0.6 is 0 Å². The Morgan fingerprint density at radius 3 is 2.23 bits per heavy atom. The molecule has 5 rings (SSSR count). The molecule has 4 aliphatic heterocycles. The Morgan fingerprint density at radius 2 is 1.58 bits per heavy atom. The van der Waals surface area contributed by atoms with Crippen molar-refractivity contribution >= 4 is 29.1 Å². The van der Waals surface area contributed by atoms with E-state index >= 15 is 0 Å². The van der Waals surface area contributed by atoms with Crippen LogP contribution in [0.15, 0.2) is 48.6 Å². The molecule has 0 saturated carbocycles. The lowest BCUT2D eigenvalue weighted by atomic mass is 9.73. The number of anilines is 2. The minimum Gasteiger partial charge on any atom is -0.396 e. The Balaban J connectivity index is 1.57. The lowest BCUT2D eigenvalue weighted by Gasteiger charge is -2.38. The molecule has 4 aliphatic rings. The third-order valence-electron chi connectivity index (χ3n) is 9.86. The number of fused-ring (bicyclic) bond motifs is 2. The first-order chi connectivity index (χ1) is 20.8. The van der Waals surface area contributed by atoms with E-state index in [9.17, 15) is 19.5 Å². The maximum absolute atomic E-state index is 14.7. The Labute approximate surface area is 256 Å². The molecule has 2 saturated heterocycles. The van der Waals surface area contributed by atoms with Crippen LogP contribution in [-0.4, -0.2) is 95.7 Å². The Bertz CT molecular complexity index is 1240. The van der Waals surface area contributed by atoms with Crippen molar-refractivity contribution in [2.45, 2.75) is 77.0 Å². The van der Waals surface area contributed by atoms with Crippen molar-refractivity contribution in [1.82, 2.24) is 9.80 Å². The monoisotopic (exact) mass is 592 g/mol. The van der Waals surface area contributed by atoms with E-state index in [1.54, 1.807) is 9.80 Å². The SMILES string of the molecule is CCCN1CC=C[C@]2(CC)O[C@]34C=CCN(c5ccc(N(CC)CC)cc5)C(=O)C3N(CCCCCO)C(=O)[C@@H]4[C@@H]2C1=O. The van der Waals surface area contributed by atoms with Gasteiger partial charge in [-0.05, 0) is 70.2 Å². The number of carbonyl (C=O) groups excluding carboxylic acids is 3. The summed E-state index contributed by atoms with van der Waals surface area (Å²) in [6.45, 7) is 12.0.